The van der Waals surface area contributed by atoms with Gasteiger partial charge in [0.15, 0.2) is 0 Å². The number of hydrogen-bond acceptors (Lipinski definition) is 4. The Bertz CT molecular complexity index is 552. The monoisotopic (exact) mass is 298 g/mol. The molecule has 1 aromatic rings. The Morgan fingerprint density at radius 2 is 1.90 bits per heavy atom. The molecule has 1 aromatic carbocycles. The van der Waals surface area contributed by atoms with Crippen molar-refractivity contribution in [1.29, 1.82) is 0 Å². The van der Waals surface area contributed by atoms with Crippen LogP contribution in [0.2, 0.25) is 0 Å². The number of carbonyl (C=O) groups is 2. The van der Waals surface area contributed by atoms with Gasteiger partial charge < -0.3 is 10.1 Å². The fourth-order valence-electron chi connectivity index (χ4n) is 1.50. The van der Waals surface area contributed by atoms with E-state index in [2.05, 4.69) is 5.32 Å². The molecule has 7 heteroatoms. The Kier molecular flexibility index (Phi) is 6.17. The molecule has 0 aromatic heterocycles. The number of rotatable bonds is 7. The van der Waals surface area contributed by atoms with Crippen LogP contribution in [0.1, 0.15) is 25.3 Å². The molecule has 0 saturated carbocycles. The van der Waals surface area contributed by atoms with Crippen molar-refractivity contribution < 1.29 is 18.0 Å². The Labute approximate surface area is 118 Å². The van der Waals surface area contributed by atoms with Gasteiger partial charge in [0.25, 0.3) is 10.0 Å². The third-order valence-corrected chi connectivity index (χ3v) is 3.94. The second-order valence-corrected chi connectivity index (χ2v) is 5.91. The predicted molar refractivity (Wildman–Crippen MR) is 74.8 cm³/mol. The summed E-state index contributed by atoms with van der Waals surface area (Å²) in [5, 5.41) is 2.47. The van der Waals surface area contributed by atoms with Gasteiger partial charge in [0.2, 0.25) is 0 Å². The summed E-state index contributed by atoms with van der Waals surface area (Å²) < 4.78 is 25.7. The zero-order valence-corrected chi connectivity index (χ0v) is 12.1. The molecular weight excluding hydrogens is 280 g/mol. The fourth-order valence-corrected chi connectivity index (χ4v) is 2.43. The molecule has 0 bridgehead atoms. The maximum atomic E-state index is 11.9. The molecule has 0 aliphatic heterocycles. The van der Waals surface area contributed by atoms with Gasteiger partial charge in [0.1, 0.15) is 6.29 Å². The second kappa shape index (κ2) is 7.64. The average Bonchev–Trinajstić information content (AvgIpc) is 2.39. The van der Waals surface area contributed by atoms with E-state index in [0.29, 0.717) is 12.1 Å². The summed E-state index contributed by atoms with van der Waals surface area (Å²) in [6.07, 6.45) is 2.66. The standard InChI is InChI=1S/C13H18N2O4S/c1-2-3-9-14-13(17)15-20(18,19)12-6-4-11(5-7-12)8-10-16/h4-7,10H,2-3,8-9H2,1H3,(H2,14,15,17). The molecule has 0 aliphatic rings. The highest BCUT2D eigenvalue weighted by Crippen LogP contribution is 2.10. The molecule has 1 rings (SSSR count). The van der Waals surface area contributed by atoms with E-state index in [1.165, 1.54) is 24.3 Å². The molecule has 0 aliphatic carbocycles. The number of nitrogens with one attached hydrogen (secondary N) is 2. The lowest BCUT2D eigenvalue weighted by Gasteiger charge is -2.08. The van der Waals surface area contributed by atoms with Gasteiger partial charge in [0.05, 0.1) is 4.90 Å². The van der Waals surface area contributed by atoms with Gasteiger partial charge in [-0.05, 0) is 24.1 Å². The van der Waals surface area contributed by atoms with Crippen LogP contribution in [-0.2, 0) is 21.2 Å². The summed E-state index contributed by atoms with van der Waals surface area (Å²) in [5.41, 5.74) is 0.714. The van der Waals surface area contributed by atoms with Crippen molar-refractivity contribution in [2.45, 2.75) is 31.1 Å². The Morgan fingerprint density at radius 1 is 1.25 bits per heavy atom. The minimum Gasteiger partial charge on any atom is -0.337 e. The summed E-state index contributed by atoms with van der Waals surface area (Å²) in [7, 11) is -3.88. The van der Waals surface area contributed by atoms with Gasteiger partial charge in [-0.1, -0.05) is 25.5 Å². The maximum Gasteiger partial charge on any atom is 0.328 e. The Morgan fingerprint density at radius 3 is 2.45 bits per heavy atom. The van der Waals surface area contributed by atoms with Gasteiger partial charge in [-0.25, -0.2) is 17.9 Å². The molecule has 2 N–H and O–H groups in total. The van der Waals surface area contributed by atoms with E-state index in [1.54, 1.807) is 0 Å². The van der Waals surface area contributed by atoms with Crippen LogP contribution in [0.25, 0.3) is 0 Å². The summed E-state index contributed by atoms with van der Waals surface area (Å²) in [5.74, 6) is 0. The highest BCUT2D eigenvalue weighted by molar-refractivity contribution is 7.90. The summed E-state index contributed by atoms with van der Waals surface area (Å²) in [6, 6.07) is 5.06. The highest BCUT2D eigenvalue weighted by atomic mass is 32.2. The van der Waals surface area contributed by atoms with E-state index in [-0.39, 0.29) is 11.3 Å². The minimum atomic E-state index is -3.88. The quantitative estimate of drug-likeness (QED) is 0.584. The summed E-state index contributed by atoms with van der Waals surface area (Å²) in [6.45, 7) is 2.40. The first-order valence-electron chi connectivity index (χ1n) is 6.33. The number of benzene rings is 1. The van der Waals surface area contributed by atoms with Crippen molar-refractivity contribution in [3.05, 3.63) is 29.8 Å². The van der Waals surface area contributed by atoms with Crippen molar-refractivity contribution in [3.63, 3.8) is 0 Å². The summed E-state index contributed by atoms with van der Waals surface area (Å²) >= 11 is 0. The molecular formula is C13H18N2O4S. The molecule has 0 atom stereocenters. The number of urea groups is 1. The van der Waals surface area contributed by atoms with Crippen molar-refractivity contribution in [3.8, 4) is 0 Å². The molecule has 0 saturated heterocycles. The minimum absolute atomic E-state index is 0.0159. The van der Waals surface area contributed by atoms with Gasteiger partial charge in [-0.3, -0.25) is 0 Å². The SMILES string of the molecule is CCCCNC(=O)NS(=O)(=O)c1ccc(CC=O)cc1. The largest absolute Gasteiger partial charge is 0.337 e. The molecule has 0 fully saturated rings. The third-order valence-electron chi connectivity index (χ3n) is 2.60. The lowest BCUT2D eigenvalue weighted by atomic mass is 10.2. The number of sulfonamides is 1. The van der Waals surface area contributed by atoms with Crippen molar-refractivity contribution in [1.82, 2.24) is 10.0 Å². The molecule has 0 heterocycles. The third kappa shape index (κ3) is 5.00. The topological polar surface area (TPSA) is 92.3 Å². The van der Waals surface area contributed by atoms with Crippen LogP contribution in [0, 0.1) is 0 Å². The molecule has 0 unspecified atom stereocenters. The molecule has 0 radical (unpaired) electrons. The first-order valence-corrected chi connectivity index (χ1v) is 7.81. The molecule has 2 amide bonds. The van der Waals surface area contributed by atoms with Crippen LogP contribution in [0.4, 0.5) is 4.79 Å². The van der Waals surface area contributed by atoms with Gasteiger partial charge in [-0.2, -0.15) is 0 Å². The first kappa shape index (κ1) is 16.2. The van der Waals surface area contributed by atoms with E-state index < -0.39 is 16.1 Å². The van der Waals surface area contributed by atoms with Gasteiger partial charge in [0, 0.05) is 13.0 Å². The number of amides is 2. The lowest BCUT2D eigenvalue weighted by molar-refractivity contribution is -0.107. The van der Waals surface area contributed by atoms with Crippen molar-refractivity contribution >= 4 is 22.3 Å². The van der Waals surface area contributed by atoms with E-state index in [4.69, 9.17) is 0 Å². The van der Waals surface area contributed by atoms with Crippen LogP contribution in [0.15, 0.2) is 29.2 Å². The van der Waals surface area contributed by atoms with E-state index in [9.17, 15) is 18.0 Å². The van der Waals surface area contributed by atoms with E-state index >= 15 is 0 Å². The van der Waals surface area contributed by atoms with Crippen LogP contribution < -0.4 is 10.0 Å². The van der Waals surface area contributed by atoms with E-state index in [1.807, 2.05) is 11.6 Å². The van der Waals surface area contributed by atoms with Gasteiger partial charge >= 0.3 is 6.03 Å². The molecule has 6 nitrogen and oxygen atoms in total. The average molecular weight is 298 g/mol. The normalized spacial score (nSPS) is 10.8. The molecule has 110 valence electrons. The van der Waals surface area contributed by atoms with Gasteiger partial charge in [-0.15, -0.1) is 0 Å². The van der Waals surface area contributed by atoms with E-state index in [0.717, 1.165) is 19.1 Å². The van der Waals surface area contributed by atoms with Crippen LogP contribution in [-0.4, -0.2) is 27.3 Å². The molecule has 0 spiro atoms. The van der Waals surface area contributed by atoms with Crippen molar-refractivity contribution in [2.24, 2.45) is 0 Å². The Hall–Kier alpha value is -1.89. The van der Waals surface area contributed by atoms with Crippen molar-refractivity contribution in [2.75, 3.05) is 6.54 Å². The summed E-state index contributed by atoms with van der Waals surface area (Å²) in [4.78, 5) is 21.8. The number of hydrogen-bond donors (Lipinski definition) is 2. The lowest BCUT2D eigenvalue weighted by Crippen LogP contribution is -2.39. The van der Waals surface area contributed by atoms with Crippen LogP contribution in [0.5, 0.6) is 0 Å². The number of unbranched alkanes of at least 4 members (excludes halogenated alkanes) is 1. The van der Waals surface area contributed by atoms with Crippen LogP contribution in [0.3, 0.4) is 0 Å². The zero-order valence-electron chi connectivity index (χ0n) is 11.3. The first-order chi connectivity index (χ1) is 9.49. The molecule has 20 heavy (non-hydrogen) atoms. The number of aldehydes is 1. The second-order valence-electron chi connectivity index (χ2n) is 4.23. The fraction of sp³-hybridized carbons (Fsp3) is 0.385. The van der Waals surface area contributed by atoms with Crippen LogP contribution >= 0.6 is 0 Å². The number of carbonyl (C=O) groups excluding carboxylic acids is 2. The zero-order chi connectivity index (χ0) is 15.0. The maximum absolute atomic E-state index is 11.9. The smallest absolute Gasteiger partial charge is 0.328 e. The Balaban J connectivity index is 2.68. The highest BCUT2D eigenvalue weighted by Gasteiger charge is 2.16. The predicted octanol–water partition coefficient (Wildman–Crippen LogP) is 1.22.